The molecule has 0 saturated carbocycles. The Labute approximate surface area is 120 Å². The minimum atomic E-state index is -0.695. The molecule has 0 spiro atoms. The highest BCUT2D eigenvalue weighted by molar-refractivity contribution is 5.86. The van der Waals surface area contributed by atoms with E-state index in [0.717, 1.165) is 5.56 Å². The molecule has 1 aliphatic rings. The van der Waals surface area contributed by atoms with Crippen LogP contribution in [0, 0.1) is 11.3 Å². The van der Waals surface area contributed by atoms with Gasteiger partial charge < -0.3 is 4.90 Å². The molecule has 1 aromatic carbocycles. The fraction of sp³-hybridized carbons (Fsp3) is 0.500. The Kier molecular flexibility index (Phi) is 4.41. The van der Waals surface area contributed by atoms with Gasteiger partial charge in [0.1, 0.15) is 5.92 Å². The molecule has 1 amide bonds. The summed E-state index contributed by atoms with van der Waals surface area (Å²) in [6.45, 7) is 5.59. The maximum Gasteiger partial charge on any atom is 0.244 e. The van der Waals surface area contributed by atoms with Gasteiger partial charge in [-0.25, -0.2) is 0 Å². The van der Waals surface area contributed by atoms with E-state index in [1.165, 1.54) is 0 Å². The summed E-state index contributed by atoms with van der Waals surface area (Å²) >= 11 is 0. The summed E-state index contributed by atoms with van der Waals surface area (Å²) in [5.74, 6) is -0.774. The summed E-state index contributed by atoms with van der Waals surface area (Å²) < 4.78 is 0. The van der Waals surface area contributed by atoms with E-state index in [1.807, 2.05) is 35.2 Å². The molecule has 3 atom stereocenters. The summed E-state index contributed by atoms with van der Waals surface area (Å²) in [4.78, 5) is 16.7. The van der Waals surface area contributed by atoms with E-state index in [9.17, 15) is 10.1 Å². The number of hydrogen-bond donors (Lipinski definition) is 0. The van der Waals surface area contributed by atoms with Crippen molar-refractivity contribution < 1.29 is 4.79 Å². The van der Waals surface area contributed by atoms with Gasteiger partial charge in [-0.1, -0.05) is 30.3 Å². The van der Waals surface area contributed by atoms with Crippen LogP contribution in [0.1, 0.15) is 25.3 Å². The van der Waals surface area contributed by atoms with E-state index in [1.54, 1.807) is 0 Å². The predicted octanol–water partition coefficient (Wildman–Crippen LogP) is 1.84. The Bertz CT molecular complexity index is 496. The van der Waals surface area contributed by atoms with Gasteiger partial charge in [0.25, 0.3) is 0 Å². The van der Waals surface area contributed by atoms with Crippen molar-refractivity contribution in [2.24, 2.45) is 0 Å². The minimum Gasteiger partial charge on any atom is -0.338 e. The van der Waals surface area contributed by atoms with Crippen LogP contribution in [0.15, 0.2) is 30.3 Å². The van der Waals surface area contributed by atoms with Gasteiger partial charge in [0.2, 0.25) is 5.91 Å². The number of piperazine rings is 1. The lowest BCUT2D eigenvalue weighted by Gasteiger charge is -2.42. The molecule has 4 heteroatoms. The Morgan fingerprint density at radius 3 is 2.30 bits per heavy atom. The second-order valence-corrected chi connectivity index (χ2v) is 5.58. The molecule has 0 bridgehead atoms. The van der Waals surface area contributed by atoms with Crippen molar-refractivity contribution in [3.63, 3.8) is 0 Å². The monoisotopic (exact) mass is 271 g/mol. The minimum absolute atomic E-state index is 0.0782. The number of nitrogens with zero attached hydrogens (tertiary/aromatic N) is 3. The van der Waals surface area contributed by atoms with Crippen LogP contribution < -0.4 is 0 Å². The van der Waals surface area contributed by atoms with E-state index in [4.69, 9.17) is 0 Å². The van der Waals surface area contributed by atoms with Crippen molar-refractivity contribution >= 4 is 5.91 Å². The average Bonchev–Trinajstić information content (AvgIpc) is 2.46. The van der Waals surface area contributed by atoms with Gasteiger partial charge in [-0.2, -0.15) is 5.26 Å². The van der Waals surface area contributed by atoms with E-state index >= 15 is 0 Å². The first-order valence-corrected chi connectivity index (χ1v) is 7.00. The smallest absolute Gasteiger partial charge is 0.244 e. The maximum atomic E-state index is 12.6. The number of carbonyl (C=O) groups excluding carboxylic acids is 1. The molecule has 3 unspecified atom stereocenters. The molecule has 1 heterocycles. The molecule has 0 aromatic heterocycles. The maximum absolute atomic E-state index is 12.6. The van der Waals surface area contributed by atoms with Gasteiger partial charge in [0.05, 0.1) is 6.07 Å². The zero-order valence-electron chi connectivity index (χ0n) is 12.3. The number of likely N-dealkylation sites (N-methyl/N-ethyl adjacent to an activating group) is 1. The van der Waals surface area contributed by atoms with Crippen LogP contribution in [0.4, 0.5) is 0 Å². The second kappa shape index (κ2) is 6.06. The van der Waals surface area contributed by atoms with Crippen LogP contribution in [-0.4, -0.2) is 47.9 Å². The van der Waals surface area contributed by atoms with Gasteiger partial charge in [-0.3, -0.25) is 9.69 Å². The molecule has 20 heavy (non-hydrogen) atoms. The molecule has 0 radical (unpaired) electrons. The second-order valence-electron chi connectivity index (χ2n) is 5.58. The molecule has 1 aromatic rings. The lowest BCUT2D eigenvalue weighted by Crippen LogP contribution is -2.57. The van der Waals surface area contributed by atoms with Gasteiger partial charge in [-0.15, -0.1) is 0 Å². The average molecular weight is 271 g/mol. The number of nitriles is 1. The first-order chi connectivity index (χ1) is 9.54. The quantitative estimate of drug-likeness (QED) is 0.824. The Balaban J connectivity index is 2.16. The third-order valence-electron chi connectivity index (χ3n) is 4.18. The van der Waals surface area contributed by atoms with Gasteiger partial charge in [-0.05, 0) is 26.5 Å². The Morgan fingerprint density at radius 2 is 1.80 bits per heavy atom. The summed E-state index contributed by atoms with van der Waals surface area (Å²) in [7, 11) is 2.08. The summed E-state index contributed by atoms with van der Waals surface area (Å²) in [6.07, 6.45) is 0. The first kappa shape index (κ1) is 14.5. The third kappa shape index (κ3) is 2.83. The van der Waals surface area contributed by atoms with Crippen molar-refractivity contribution in [1.82, 2.24) is 9.80 Å². The molecular weight excluding hydrogens is 250 g/mol. The zero-order valence-corrected chi connectivity index (χ0v) is 12.3. The van der Waals surface area contributed by atoms with Crippen molar-refractivity contribution in [3.05, 3.63) is 35.9 Å². The van der Waals surface area contributed by atoms with Gasteiger partial charge in [0, 0.05) is 25.2 Å². The number of hydrogen-bond acceptors (Lipinski definition) is 3. The molecule has 106 valence electrons. The van der Waals surface area contributed by atoms with E-state index in [0.29, 0.717) is 25.2 Å². The van der Waals surface area contributed by atoms with Crippen LogP contribution in [0.25, 0.3) is 0 Å². The topological polar surface area (TPSA) is 47.3 Å². The highest BCUT2D eigenvalue weighted by Gasteiger charge is 2.33. The van der Waals surface area contributed by atoms with Crippen molar-refractivity contribution in [2.75, 3.05) is 20.1 Å². The lowest BCUT2D eigenvalue weighted by atomic mass is 9.97. The molecule has 1 fully saturated rings. The predicted molar refractivity (Wildman–Crippen MR) is 78.1 cm³/mol. The van der Waals surface area contributed by atoms with Crippen LogP contribution >= 0.6 is 0 Å². The molecule has 1 saturated heterocycles. The van der Waals surface area contributed by atoms with Gasteiger partial charge >= 0.3 is 0 Å². The molecule has 2 rings (SSSR count). The number of amides is 1. The summed E-state index contributed by atoms with van der Waals surface area (Å²) in [6, 6.07) is 12.1. The molecule has 1 aliphatic heterocycles. The summed E-state index contributed by atoms with van der Waals surface area (Å²) in [5, 5.41) is 9.36. The Hall–Kier alpha value is -1.86. The molecular formula is C16H21N3O. The standard InChI is InChI=1S/C16H21N3O/c1-12-10-19(11-13(2)18(12)3)16(20)15(9-17)14-7-5-4-6-8-14/h4-8,12-13,15H,10-11H2,1-3H3. The van der Waals surface area contributed by atoms with Crippen LogP contribution in [0.2, 0.25) is 0 Å². The zero-order chi connectivity index (χ0) is 14.7. The number of carbonyl (C=O) groups is 1. The third-order valence-corrected chi connectivity index (χ3v) is 4.18. The van der Waals surface area contributed by atoms with Crippen LogP contribution in [-0.2, 0) is 4.79 Å². The van der Waals surface area contributed by atoms with Crippen molar-refractivity contribution in [2.45, 2.75) is 31.8 Å². The van der Waals surface area contributed by atoms with Crippen LogP contribution in [0.5, 0.6) is 0 Å². The van der Waals surface area contributed by atoms with Crippen LogP contribution in [0.3, 0.4) is 0 Å². The first-order valence-electron chi connectivity index (χ1n) is 7.00. The van der Waals surface area contributed by atoms with Crippen molar-refractivity contribution in [1.29, 1.82) is 5.26 Å². The lowest BCUT2D eigenvalue weighted by molar-refractivity contribution is -0.135. The molecule has 0 aliphatic carbocycles. The highest BCUT2D eigenvalue weighted by atomic mass is 16.2. The fourth-order valence-corrected chi connectivity index (χ4v) is 2.68. The van der Waals surface area contributed by atoms with E-state index in [2.05, 4.69) is 31.9 Å². The highest BCUT2D eigenvalue weighted by Crippen LogP contribution is 2.21. The number of benzene rings is 1. The molecule has 0 N–H and O–H groups in total. The van der Waals surface area contributed by atoms with E-state index < -0.39 is 5.92 Å². The normalized spacial score (nSPS) is 25.0. The SMILES string of the molecule is CC1CN(C(=O)C(C#N)c2ccccc2)CC(C)N1C. The van der Waals surface area contributed by atoms with Crippen molar-refractivity contribution in [3.8, 4) is 6.07 Å². The fourth-order valence-electron chi connectivity index (χ4n) is 2.68. The van der Waals surface area contributed by atoms with Gasteiger partial charge in [0.15, 0.2) is 0 Å². The summed E-state index contributed by atoms with van der Waals surface area (Å²) in [5.41, 5.74) is 0.777. The number of rotatable bonds is 2. The Morgan fingerprint density at radius 1 is 1.25 bits per heavy atom. The largest absolute Gasteiger partial charge is 0.338 e. The van der Waals surface area contributed by atoms with E-state index in [-0.39, 0.29) is 5.91 Å². The molecule has 4 nitrogen and oxygen atoms in total.